The fourth-order valence-electron chi connectivity index (χ4n) is 4.30. The molecule has 0 aliphatic carbocycles. The van der Waals surface area contributed by atoms with Gasteiger partial charge in [-0.15, -0.1) is 0 Å². The Labute approximate surface area is 222 Å². The largest absolute Gasteiger partial charge is 0.444 e. The van der Waals surface area contributed by atoms with Gasteiger partial charge in [-0.2, -0.15) is 0 Å². The number of nitrogens with one attached hydrogen (secondary N) is 2. The van der Waals surface area contributed by atoms with Crippen molar-refractivity contribution >= 4 is 23.6 Å². The highest BCUT2D eigenvalue weighted by Crippen LogP contribution is 2.30. The van der Waals surface area contributed by atoms with Crippen LogP contribution in [0.1, 0.15) is 76.8 Å². The summed E-state index contributed by atoms with van der Waals surface area (Å²) in [7, 11) is 0. The van der Waals surface area contributed by atoms with E-state index in [2.05, 4.69) is 10.6 Å². The molecule has 7 nitrogen and oxygen atoms in total. The van der Waals surface area contributed by atoms with Gasteiger partial charge in [0.2, 0.25) is 5.91 Å². The number of nitrogens with zero attached hydrogens (tertiary/aromatic N) is 1. The second kappa shape index (κ2) is 12.3. The van der Waals surface area contributed by atoms with Crippen LogP contribution in [0, 0.1) is 26.7 Å². The van der Waals surface area contributed by atoms with E-state index in [1.165, 1.54) is 0 Å². The minimum Gasteiger partial charge on any atom is -0.444 e. The maximum absolute atomic E-state index is 14.1. The normalized spacial score (nSPS) is 13.2. The van der Waals surface area contributed by atoms with E-state index < -0.39 is 23.8 Å². The molecule has 0 fully saturated rings. The highest BCUT2D eigenvalue weighted by Gasteiger charge is 2.39. The molecule has 0 saturated heterocycles. The first kappa shape index (κ1) is 29.9. The van der Waals surface area contributed by atoms with Crippen LogP contribution in [0.5, 0.6) is 0 Å². The Bertz CT molecular complexity index is 1100. The summed E-state index contributed by atoms with van der Waals surface area (Å²) in [6.07, 6.45) is -0.671. The molecule has 0 aromatic heterocycles. The minimum atomic E-state index is -0.908. The molecule has 0 heterocycles. The van der Waals surface area contributed by atoms with Crippen molar-refractivity contribution in [3.8, 4) is 0 Å². The summed E-state index contributed by atoms with van der Waals surface area (Å²) in [4.78, 5) is 42.3. The van der Waals surface area contributed by atoms with Crippen molar-refractivity contribution in [2.24, 2.45) is 5.92 Å². The number of anilines is 1. The van der Waals surface area contributed by atoms with E-state index >= 15 is 0 Å². The van der Waals surface area contributed by atoms with Crippen molar-refractivity contribution in [2.45, 2.75) is 93.0 Å². The first-order chi connectivity index (χ1) is 17.1. The Kier molecular flexibility index (Phi) is 9.90. The molecule has 37 heavy (non-hydrogen) atoms. The quantitative estimate of drug-likeness (QED) is 0.452. The van der Waals surface area contributed by atoms with Crippen LogP contribution in [0.2, 0.25) is 0 Å². The van der Waals surface area contributed by atoms with Crippen LogP contribution in [0.4, 0.5) is 10.5 Å². The number of rotatable bonds is 8. The van der Waals surface area contributed by atoms with Crippen LogP contribution >= 0.6 is 0 Å². The Morgan fingerprint density at radius 3 is 1.86 bits per heavy atom. The SMILES string of the molecule is Cc1ccccc1C(C(=O)Nc1c(C)cccc1C)N(C(=O)C(NC(=O)OC(C)(C)C)C(C)C)C(C)C. The molecule has 2 N–H and O–H groups in total. The predicted molar refractivity (Wildman–Crippen MR) is 148 cm³/mol. The number of aryl methyl sites for hydroxylation is 3. The fourth-order valence-corrected chi connectivity index (χ4v) is 4.30. The topological polar surface area (TPSA) is 87.7 Å². The zero-order valence-corrected chi connectivity index (χ0v) is 23.9. The molecule has 0 aliphatic heterocycles. The van der Waals surface area contributed by atoms with E-state index in [1.54, 1.807) is 25.7 Å². The molecule has 2 aromatic carbocycles. The van der Waals surface area contributed by atoms with Gasteiger partial charge in [0.1, 0.15) is 17.7 Å². The van der Waals surface area contributed by atoms with Crippen LogP contribution in [0.25, 0.3) is 0 Å². The van der Waals surface area contributed by atoms with Crippen LogP contribution in [0.15, 0.2) is 42.5 Å². The van der Waals surface area contributed by atoms with Crippen molar-refractivity contribution < 1.29 is 19.1 Å². The highest BCUT2D eigenvalue weighted by atomic mass is 16.6. The molecule has 2 unspecified atom stereocenters. The van der Waals surface area contributed by atoms with Crippen molar-refractivity contribution in [3.05, 3.63) is 64.7 Å². The van der Waals surface area contributed by atoms with Crippen molar-refractivity contribution in [1.82, 2.24) is 10.2 Å². The maximum atomic E-state index is 14.1. The predicted octanol–water partition coefficient (Wildman–Crippen LogP) is 6.08. The molecule has 0 spiro atoms. The molecular weight excluding hydrogens is 466 g/mol. The number of carbonyl (C=O) groups excluding carboxylic acids is 3. The molecule has 2 atom stereocenters. The van der Waals surface area contributed by atoms with Crippen molar-refractivity contribution in [3.63, 3.8) is 0 Å². The number of hydrogen-bond acceptors (Lipinski definition) is 4. The Morgan fingerprint density at radius 1 is 0.838 bits per heavy atom. The summed E-state index contributed by atoms with van der Waals surface area (Å²) in [6.45, 7) is 18.6. The number of alkyl carbamates (subject to hydrolysis) is 1. The van der Waals surface area contributed by atoms with Gasteiger partial charge in [0.25, 0.3) is 5.91 Å². The third-order valence-electron chi connectivity index (χ3n) is 6.15. The second-order valence-electron chi connectivity index (χ2n) is 11.2. The number of benzene rings is 2. The maximum Gasteiger partial charge on any atom is 0.408 e. The average Bonchev–Trinajstić information content (AvgIpc) is 2.77. The molecule has 0 saturated carbocycles. The van der Waals surface area contributed by atoms with Crippen molar-refractivity contribution in [2.75, 3.05) is 5.32 Å². The summed E-state index contributed by atoms with van der Waals surface area (Å²) in [5.74, 6) is -0.894. The second-order valence-corrected chi connectivity index (χ2v) is 11.2. The van der Waals surface area contributed by atoms with Gasteiger partial charge in [-0.25, -0.2) is 4.79 Å². The Hall–Kier alpha value is -3.35. The Balaban J connectivity index is 2.57. The molecule has 0 aliphatic rings. The van der Waals surface area contributed by atoms with Crippen LogP contribution < -0.4 is 10.6 Å². The van der Waals surface area contributed by atoms with Crippen molar-refractivity contribution in [1.29, 1.82) is 0 Å². The van der Waals surface area contributed by atoms with Crippen LogP contribution in [-0.2, 0) is 14.3 Å². The standard InChI is InChI=1S/C30H43N3O4/c1-18(2)24(32-29(36)37-30(8,9)10)28(35)33(19(3)4)26(23-17-12-11-14-20(23)5)27(34)31-25-21(6)15-13-16-22(25)7/h11-19,24,26H,1-10H3,(H,31,34)(H,32,36). The van der Waals surface area contributed by atoms with Gasteiger partial charge in [-0.1, -0.05) is 56.3 Å². The minimum absolute atomic E-state index is 0.236. The molecule has 7 heteroatoms. The lowest BCUT2D eigenvalue weighted by atomic mass is 9.95. The number of carbonyl (C=O) groups is 3. The number of ether oxygens (including phenoxy) is 1. The van der Waals surface area contributed by atoms with E-state index in [-0.39, 0.29) is 23.8 Å². The lowest BCUT2D eigenvalue weighted by Crippen LogP contribution is -2.56. The van der Waals surface area contributed by atoms with E-state index in [9.17, 15) is 14.4 Å². The van der Waals surface area contributed by atoms with E-state index in [1.807, 2.05) is 90.9 Å². The first-order valence-electron chi connectivity index (χ1n) is 12.9. The summed E-state index contributed by atoms with van der Waals surface area (Å²) in [5, 5.41) is 5.84. The zero-order valence-electron chi connectivity index (χ0n) is 23.9. The van der Waals surface area contributed by atoms with Gasteiger partial charge in [0, 0.05) is 11.7 Å². The number of para-hydroxylation sites is 1. The summed E-state index contributed by atoms with van der Waals surface area (Å²) in [6, 6.07) is 11.3. The molecule has 202 valence electrons. The molecule has 2 aromatic rings. The summed E-state index contributed by atoms with van der Waals surface area (Å²) >= 11 is 0. The van der Waals surface area contributed by atoms with Gasteiger partial charge < -0.3 is 20.3 Å². The molecule has 0 bridgehead atoms. The molecule has 3 amide bonds. The monoisotopic (exact) mass is 509 g/mol. The van der Waals surface area contributed by atoms with Crippen LogP contribution in [-0.4, -0.2) is 40.5 Å². The number of hydrogen-bond donors (Lipinski definition) is 2. The summed E-state index contributed by atoms with van der Waals surface area (Å²) in [5.41, 5.74) is 3.52. The lowest BCUT2D eigenvalue weighted by molar-refractivity contribution is -0.143. The fraction of sp³-hybridized carbons (Fsp3) is 0.500. The first-order valence-corrected chi connectivity index (χ1v) is 12.9. The van der Waals surface area contributed by atoms with Gasteiger partial charge in [0.15, 0.2) is 0 Å². The van der Waals surface area contributed by atoms with Gasteiger partial charge in [0.05, 0.1) is 0 Å². The third-order valence-corrected chi connectivity index (χ3v) is 6.15. The summed E-state index contributed by atoms with van der Waals surface area (Å²) < 4.78 is 5.43. The van der Waals surface area contributed by atoms with Gasteiger partial charge >= 0.3 is 6.09 Å². The van der Waals surface area contributed by atoms with Crippen LogP contribution in [0.3, 0.4) is 0 Å². The molecular formula is C30H43N3O4. The van der Waals surface area contributed by atoms with E-state index in [4.69, 9.17) is 4.74 Å². The average molecular weight is 510 g/mol. The highest BCUT2D eigenvalue weighted by molar-refractivity contribution is 6.00. The third kappa shape index (κ3) is 7.81. The smallest absolute Gasteiger partial charge is 0.408 e. The van der Waals surface area contributed by atoms with Gasteiger partial charge in [-0.05, 0) is 83.6 Å². The number of amides is 3. The van der Waals surface area contributed by atoms with E-state index in [0.717, 1.165) is 27.9 Å². The lowest BCUT2D eigenvalue weighted by Gasteiger charge is -2.38. The Morgan fingerprint density at radius 2 is 1.38 bits per heavy atom. The zero-order chi connectivity index (χ0) is 28.1. The molecule has 0 radical (unpaired) electrons. The molecule has 2 rings (SSSR count). The van der Waals surface area contributed by atoms with Gasteiger partial charge in [-0.3, -0.25) is 9.59 Å². The van der Waals surface area contributed by atoms with E-state index in [0.29, 0.717) is 0 Å².